The van der Waals surface area contributed by atoms with E-state index in [0.717, 1.165) is 24.9 Å². The van der Waals surface area contributed by atoms with Crippen molar-refractivity contribution < 1.29 is 9.53 Å². The highest BCUT2D eigenvalue weighted by Gasteiger charge is 2.34. The van der Waals surface area contributed by atoms with Crippen LogP contribution in [-0.2, 0) is 11.2 Å². The highest BCUT2D eigenvalue weighted by atomic mass is 16.6. The first-order valence-electron chi connectivity index (χ1n) is 8.94. The minimum absolute atomic E-state index is 0.271. The summed E-state index contributed by atoms with van der Waals surface area (Å²) in [6, 6.07) is 8.36. The van der Waals surface area contributed by atoms with Crippen molar-refractivity contribution in [3.05, 3.63) is 29.8 Å². The number of nitrogens with zero attached hydrogens (tertiary/aromatic N) is 2. The summed E-state index contributed by atoms with van der Waals surface area (Å²) in [5, 5.41) is 3.10. The number of hydrogen-bond donors (Lipinski definition) is 2. The summed E-state index contributed by atoms with van der Waals surface area (Å²) in [6.45, 7) is 8.69. The quantitative estimate of drug-likeness (QED) is 0.611. The van der Waals surface area contributed by atoms with Crippen LogP contribution in [0.1, 0.15) is 46.1 Å². The van der Waals surface area contributed by atoms with Crippen LogP contribution in [0.2, 0.25) is 0 Å². The zero-order chi connectivity index (χ0) is 18.4. The van der Waals surface area contributed by atoms with E-state index in [2.05, 4.69) is 29.4 Å². The van der Waals surface area contributed by atoms with E-state index in [9.17, 15) is 4.79 Å². The first kappa shape index (κ1) is 19.1. The van der Waals surface area contributed by atoms with Crippen LogP contribution in [-0.4, -0.2) is 41.7 Å². The molecule has 0 bridgehead atoms. The summed E-state index contributed by atoms with van der Waals surface area (Å²) >= 11 is 0. The number of aryl methyl sites for hydroxylation is 1. The summed E-state index contributed by atoms with van der Waals surface area (Å²) in [7, 11) is 0. The molecule has 0 atom stereocenters. The van der Waals surface area contributed by atoms with E-state index in [-0.39, 0.29) is 12.1 Å². The van der Waals surface area contributed by atoms with Crippen molar-refractivity contribution >= 4 is 17.7 Å². The topological polar surface area (TPSA) is 80.0 Å². The van der Waals surface area contributed by atoms with Gasteiger partial charge in [-0.05, 0) is 57.7 Å². The number of carbonyl (C=O) groups is 1. The van der Waals surface area contributed by atoms with Gasteiger partial charge in [0.15, 0.2) is 5.96 Å². The fourth-order valence-corrected chi connectivity index (χ4v) is 2.46. The maximum absolute atomic E-state index is 12.3. The maximum Gasteiger partial charge on any atom is 0.410 e. The van der Waals surface area contributed by atoms with Gasteiger partial charge in [0.1, 0.15) is 5.60 Å². The fraction of sp³-hybridized carbons (Fsp3) is 0.579. The van der Waals surface area contributed by atoms with Crippen molar-refractivity contribution in [2.75, 3.05) is 18.4 Å². The number of amides is 1. The first-order valence-corrected chi connectivity index (χ1v) is 8.94. The van der Waals surface area contributed by atoms with Gasteiger partial charge in [0.05, 0.1) is 6.54 Å². The van der Waals surface area contributed by atoms with Crippen molar-refractivity contribution in [1.82, 2.24) is 4.90 Å². The van der Waals surface area contributed by atoms with Crippen molar-refractivity contribution in [1.29, 1.82) is 0 Å². The van der Waals surface area contributed by atoms with Crippen molar-refractivity contribution in [2.45, 2.75) is 58.6 Å². The molecule has 0 heterocycles. The zero-order valence-electron chi connectivity index (χ0n) is 15.7. The minimum atomic E-state index is -0.488. The number of rotatable bonds is 6. The SMILES string of the molecule is CCc1cccc(NC(N)=NCCN(C(=O)OC(C)(C)C)C2CC2)c1. The Kier molecular flexibility index (Phi) is 6.28. The van der Waals surface area contributed by atoms with Crippen LogP contribution in [0.15, 0.2) is 29.3 Å². The predicted octanol–water partition coefficient (Wildman–Crippen LogP) is 3.38. The molecule has 1 aromatic carbocycles. The minimum Gasteiger partial charge on any atom is -0.444 e. The Balaban J connectivity index is 1.87. The molecular formula is C19H30N4O2. The molecule has 0 aromatic heterocycles. The Morgan fingerprint density at radius 2 is 2.12 bits per heavy atom. The molecule has 6 nitrogen and oxygen atoms in total. The molecule has 1 saturated carbocycles. The summed E-state index contributed by atoms with van der Waals surface area (Å²) in [5.74, 6) is 0.355. The second-order valence-corrected chi connectivity index (χ2v) is 7.35. The standard InChI is InChI=1S/C19H30N4O2/c1-5-14-7-6-8-15(13-14)22-17(20)21-11-12-23(16-9-10-16)18(24)25-19(2,3)4/h6-8,13,16H,5,9-12H2,1-4H3,(H3,20,21,22). The van der Waals surface area contributed by atoms with Crippen LogP contribution >= 0.6 is 0 Å². The van der Waals surface area contributed by atoms with Gasteiger partial charge in [0.2, 0.25) is 0 Å². The molecule has 2 rings (SSSR count). The lowest BCUT2D eigenvalue weighted by Crippen LogP contribution is -2.40. The molecule has 0 saturated heterocycles. The summed E-state index contributed by atoms with van der Waals surface area (Å²) in [5.41, 5.74) is 7.63. The smallest absolute Gasteiger partial charge is 0.410 e. The Bertz CT molecular complexity index is 618. The largest absolute Gasteiger partial charge is 0.444 e. The van der Waals surface area contributed by atoms with Crippen LogP contribution in [0, 0.1) is 0 Å². The third-order valence-corrected chi connectivity index (χ3v) is 3.85. The van der Waals surface area contributed by atoms with Gasteiger partial charge in [0, 0.05) is 18.3 Å². The molecule has 138 valence electrons. The molecule has 1 aliphatic carbocycles. The zero-order valence-corrected chi connectivity index (χ0v) is 15.7. The van der Waals surface area contributed by atoms with E-state index >= 15 is 0 Å². The molecule has 1 amide bonds. The number of nitrogens with one attached hydrogen (secondary N) is 1. The lowest BCUT2D eigenvalue weighted by molar-refractivity contribution is 0.0240. The molecule has 0 radical (unpaired) electrons. The van der Waals surface area contributed by atoms with Crippen LogP contribution in [0.3, 0.4) is 0 Å². The third kappa shape index (κ3) is 6.64. The van der Waals surface area contributed by atoms with E-state index in [1.165, 1.54) is 5.56 Å². The fourth-order valence-electron chi connectivity index (χ4n) is 2.46. The second kappa shape index (κ2) is 8.23. The van der Waals surface area contributed by atoms with Crippen LogP contribution in [0.25, 0.3) is 0 Å². The number of aliphatic imine (C=N–C) groups is 1. The van der Waals surface area contributed by atoms with Gasteiger partial charge in [-0.3, -0.25) is 4.99 Å². The van der Waals surface area contributed by atoms with Gasteiger partial charge < -0.3 is 20.7 Å². The van der Waals surface area contributed by atoms with E-state index < -0.39 is 5.60 Å². The van der Waals surface area contributed by atoms with Gasteiger partial charge in [-0.15, -0.1) is 0 Å². The normalized spacial score (nSPS) is 15.0. The Morgan fingerprint density at radius 3 is 2.72 bits per heavy atom. The van der Waals surface area contributed by atoms with Gasteiger partial charge in [-0.2, -0.15) is 0 Å². The maximum atomic E-state index is 12.3. The number of nitrogens with two attached hydrogens (primary N) is 1. The Labute approximate surface area is 150 Å². The summed E-state index contributed by atoms with van der Waals surface area (Å²) in [4.78, 5) is 18.4. The molecule has 0 spiro atoms. The summed E-state index contributed by atoms with van der Waals surface area (Å²) in [6.07, 6.45) is 2.76. The van der Waals surface area contributed by atoms with Gasteiger partial charge >= 0.3 is 6.09 Å². The number of benzene rings is 1. The average Bonchev–Trinajstić information content (AvgIpc) is 3.34. The second-order valence-electron chi connectivity index (χ2n) is 7.35. The number of anilines is 1. The number of guanidine groups is 1. The first-order chi connectivity index (χ1) is 11.8. The van der Waals surface area contributed by atoms with E-state index in [4.69, 9.17) is 10.5 Å². The number of ether oxygens (including phenoxy) is 1. The highest BCUT2D eigenvalue weighted by Crippen LogP contribution is 2.28. The number of hydrogen-bond acceptors (Lipinski definition) is 3. The summed E-state index contributed by atoms with van der Waals surface area (Å²) < 4.78 is 5.47. The molecular weight excluding hydrogens is 316 g/mol. The van der Waals surface area contributed by atoms with Crippen LogP contribution in [0.5, 0.6) is 0 Å². The Hall–Kier alpha value is -2.24. The molecule has 1 aromatic rings. The van der Waals surface area contributed by atoms with Crippen LogP contribution in [0.4, 0.5) is 10.5 Å². The van der Waals surface area contributed by atoms with Crippen molar-refractivity contribution in [3.8, 4) is 0 Å². The Morgan fingerprint density at radius 1 is 1.40 bits per heavy atom. The van der Waals surface area contributed by atoms with Crippen molar-refractivity contribution in [3.63, 3.8) is 0 Å². The molecule has 0 aliphatic heterocycles. The van der Waals surface area contributed by atoms with E-state index in [1.54, 1.807) is 4.90 Å². The molecule has 6 heteroatoms. The number of carbonyl (C=O) groups excluding carboxylic acids is 1. The molecule has 3 N–H and O–H groups in total. The highest BCUT2D eigenvalue weighted by molar-refractivity contribution is 5.92. The van der Waals surface area contributed by atoms with Gasteiger partial charge in [0.25, 0.3) is 0 Å². The van der Waals surface area contributed by atoms with Gasteiger partial charge in [-0.25, -0.2) is 4.79 Å². The molecule has 1 aliphatic rings. The van der Waals surface area contributed by atoms with Gasteiger partial charge in [-0.1, -0.05) is 19.1 Å². The lowest BCUT2D eigenvalue weighted by atomic mass is 10.1. The van der Waals surface area contributed by atoms with E-state index in [1.807, 2.05) is 32.9 Å². The van der Waals surface area contributed by atoms with E-state index in [0.29, 0.717) is 19.0 Å². The average molecular weight is 346 g/mol. The third-order valence-electron chi connectivity index (χ3n) is 3.85. The molecule has 25 heavy (non-hydrogen) atoms. The van der Waals surface area contributed by atoms with Crippen LogP contribution < -0.4 is 11.1 Å². The monoisotopic (exact) mass is 346 g/mol. The molecule has 0 unspecified atom stereocenters. The molecule has 1 fully saturated rings. The predicted molar refractivity (Wildman–Crippen MR) is 102 cm³/mol. The lowest BCUT2D eigenvalue weighted by Gasteiger charge is -2.27. The van der Waals surface area contributed by atoms with Crippen molar-refractivity contribution in [2.24, 2.45) is 10.7 Å².